The minimum atomic E-state index is -0.139. The monoisotopic (exact) mass is 105 g/mol. The molecule has 0 heterocycles. The van der Waals surface area contributed by atoms with Crippen LogP contribution in [0.1, 0.15) is 0 Å². The minimum Gasteiger partial charge on any atom is -0.473 e. The molecular weight excluding hydrogens is 94.0 g/mol. The summed E-state index contributed by atoms with van der Waals surface area (Å²) < 4.78 is 0. The second kappa shape index (κ2) is 4.05. The van der Waals surface area contributed by atoms with Crippen LogP contribution in [0.5, 0.6) is 0 Å². The van der Waals surface area contributed by atoms with Gasteiger partial charge in [0, 0.05) is 0 Å². The summed E-state index contributed by atoms with van der Waals surface area (Å²) in [5, 5.41) is 18.1. The maximum Gasteiger partial charge on any atom is 0.109 e. The molecule has 0 saturated carbocycles. The van der Waals surface area contributed by atoms with E-state index in [9.17, 15) is 0 Å². The van der Waals surface area contributed by atoms with E-state index in [2.05, 4.69) is 7.05 Å². The lowest BCUT2D eigenvalue weighted by Crippen LogP contribution is -2.86. The van der Waals surface area contributed by atoms with Crippen molar-refractivity contribution in [2.45, 2.75) is 6.04 Å². The fraction of sp³-hybridized carbons (Fsp3) is 0.750. The summed E-state index contributed by atoms with van der Waals surface area (Å²) in [6.45, 7) is -0.0278. The van der Waals surface area contributed by atoms with Crippen LogP contribution in [-0.4, -0.2) is 29.5 Å². The number of hydrogen-bond donors (Lipinski definition) is 3. The van der Waals surface area contributed by atoms with Crippen LogP contribution in [0.3, 0.4) is 0 Å². The molecule has 0 fully saturated rings. The van der Waals surface area contributed by atoms with Crippen LogP contribution in [0.2, 0.25) is 0 Å². The van der Waals surface area contributed by atoms with Gasteiger partial charge < -0.3 is 15.5 Å². The highest BCUT2D eigenvalue weighted by atomic mass is 16.3. The van der Waals surface area contributed by atoms with Gasteiger partial charge >= 0.3 is 0 Å². The molecule has 0 saturated heterocycles. The Morgan fingerprint density at radius 1 is 1.43 bits per heavy atom. The first-order valence-electron chi connectivity index (χ1n) is 2.19. The molecule has 0 aromatic carbocycles. The third-order valence-corrected chi connectivity index (χ3v) is 0.802. The molecule has 0 spiro atoms. The van der Waals surface area contributed by atoms with Gasteiger partial charge in [-0.3, -0.25) is 0 Å². The van der Waals surface area contributed by atoms with Crippen molar-refractivity contribution in [3.63, 3.8) is 0 Å². The number of hydrogen-bond acceptors (Lipinski definition) is 2. The van der Waals surface area contributed by atoms with Gasteiger partial charge in [0.15, 0.2) is 0 Å². The molecule has 0 amide bonds. The van der Waals surface area contributed by atoms with Crippen molar-refractivity contribution >= 4 is 0 Å². The van der Waals surface area contributed by atoms with Gasteiger partial charge in [0.1, 0.15) is 6.04 Å². The van der Waals surface area contributed by atoms with E-state index >= 15 is 0 Å². The van der Waals surface area contributed by atoms with E-state index in [-0.39, 0.29) is 19.3 Å². The van der Waals surface area contributed by atoms with Crippen LogP contribution >= 0.6 is 0 Å². The van der Waals surface area contributed by atoms with E-state index in [1.54, 1.807) is 0 Å². The number of aliphatic hydroxyl groups excluding tert-OH is 2. The summed E-state index contributed by atoms with van der Waals surface area (Å²) in [6, 6.07) is -0.139. The fourth-order valence-electron chi connectivity index (χ4n) is 0.207. The van der Waals surface area contributed by atoms with E-state index in [4.69, 9.17) is 10.2 Å². The summed E-state index contributed by atoms with van der Waals surface area (Å²) in [5.74, 6) is 0. The maximum absolute atomic E-state index is 8.29. The Kier molecular flexibility index (Phi) is 3.98. The van der Waals surface area contributed by atoms with Gasteiger partial charge in [-0.05, 0) is 0 Å². The van der Waals surface area contributed by atoms with Crippen LogP contribution in [0.15, 0.2) is 0 Å². The third kappa shape index (κ3) is 2.56. The molecule has 0 atom stereocenters. The summed E-state index contributed by atoms with van der Waals surface area (Å²) in [7, 11) is 3.38. The number of aliphatic hydroxyl groups is 2. The first-order chi connectivity index (χ1) is 3.35. The number of quaternary nitrogens is 1. The SMILES string of the molecule is [CH2-][NH2+]C(CO)CO. The van der Waals surface area contributed by atoms with Gasteiger partial charge in [-0.25, -0.2) is 0 Å². The second-order valence-corrected chi connectivity index (χ2v) is 1.36. The Morgan fingerprint density at radius 2 is 1.86 bits per heavy atom. The van der Waals surface area contributed by atoms with Crippen molar-refractivity contribution in [2.75, 3.05) is 13.2 Å². The summed E-state index contributed by atoms with van der Waals surface area (Å²) >= 11 is 0. The molecule has 0 radical (unpaired) electrons. The average molecular weight is 105 g/mol. The summed E-state index contributed by atoms with van der Waals surface area (Å²) in [4.78, 5) is 0. The Balaban J connectivity index is 2.99. The van der Waals surface area contributed by atoms with Crippen molar-refractivity contribution in [1.29, 1.82) is 0 Å². The van der Waals surface area contributed by atoms with Gasteiger partial charge in [0.05, 0.1) is 13.2 Å². The Morgan fingerprint density at radius 3 is 1.86 bits per heavy atom. The van der Waals surface area contributed by atoms with Crippen LogP contribution < -0.4 is 5.32 Å². The van der Waals surface area contributed by atoms with Gasteiger partial charge in [-0.15, -0.1) is 0 Å². The molecule has 0 unspecified atom stereocenters. The highest BCUT2D eigenvalue weighted by Crippen LogP contribution is 1.64. The lowest BCUT2D eigenvalue weighted by atomic mass is 10.3. The van der Waals surface area contributed by atoms with Crippen molar-refractivity contribution in [1.82, 2.24) is 0 Å². The van der Waals surface area contributed by atoms with Crippen molar-refractivity contribution in [2.24, 2.45) is 0 Å². The molecule has 0 bridgehead atoms. The van der Waals surface area contributed by atoms with E-state index in [0.717, 1.165) is 0 Å². The molecule has 3 heteroatoms. The molecule has 0 rings (SSSR count). The number of rotatable bonds is 3. The van der Waals surface area contributed by atoms with Gasteiger partial charge in [0.25, 0.3) is 0 Å². The first-order valence-corrected chi connectivity index (χ1v) is 2.19. The Labute approximate surface area is 43.0 Å². The fourth-order valence-corrected chi connectivity index (χ4v) is 0.207. The minimum absolute atomic E-state index is 0.0139. The van der Waals surface area contributed by atoms with Crippen molar-refractivity contribution < 1.29 is 15.5 Å². The molecule has 0 aliphatic rings. The van der Waals surface area contributed by atoms with E-state index in [1.165, 1.54) is 5.32 Å². The summed E-state index contributed by atoms with van der Waals surface area (Å²) in [6.07, 6.45) is 0. The molecular formula is C4H11NO2. The van der Waals surface area contributed by atoms with Gasteiger partial charge in [-0.1, -0.05) is 0 Å². The van der Waals surface area contributed by atoms with Crippen LogP contribution in [-0.2, 0) is 0 Å². The molecule has 0 aromatic rings. The Hall–Kier alpha value is -0.120. The topological polar surface area (TPSA) is 57.1 Å². The standard InChI is InChI=1S/C4H11NO2/c1-5-4(2-6)3-7/h4,6-7H,1-3,5H2. The normalized spacial score (nSPS) is 10.3. The molecule has 0 aromatic heterocycles. The third-order valence-electron chi connectivity index (χ3n) is 0.802. The average Bonchev–Trinajstić information content (AvgIpc) is 1.72. The van der Waals surface area contributed by atoms with E-state index < -0.39 is 0 Å². The quantitative estimate of drug-likeness (QED) is 0.353. The zero-order chi connectivity index (χ0) is 5.70. The lowest BCUT2D eigenvalue weighted by Gasteiger charge is -2.08. The highest BCUT2D eigenvalue weighted by Gasteiger charge is 1.98. The second-order valence-electron chi connectivity index (χ2n) is 1.36. The maximum atomic E-state index is 8.29. The van der Waals surface area contributed by atoms with E-state index in [0.29, 0.717) is 0 Å². The van der Waals surface area contributed by atoms with Crippen molar-refractivity contribution in [3.05, 3.63) is 7.05 Å². The smallest absolute Gasteiger partial charge is 0.109 e. The largest absolute Gasteiger partial charge is 0.473 e. The van der Waals surface area contributed by atoms with Gasteiger partial charge in [0.2, 0.25) is 0 Å². The van der Waals surface area contributed by atoms with Crippen molar-refractivity contribution in [3.8, 4) is 0 Å². The molecule has 3 nitrogen and oxygen atoms in total. The zero-order valence-corrected chi connectivity index (χ0v) is 4.17. The van der Waals surface area contributed by atoms with E-state index in [1.807, 2.05) is 0 Å². The molecule has 0 aliphatic carbocycles. The first kappa shape index (κ1) is 6.88. The molecule has 0 aliphatic heterocycles. The molecule has 7 heavy (non-hydrogen) atoms. The highest BCUT2D eigenvalue weighted by molar-refractivity contribution is 4.44. The molecule has 4 N–H and O–H groups in total. The predicted molar refractivity (Wildman–Crippen MR) is 25.2 cm³/mol. The lowest BCUT2D eigenvalue weighted by molar-refractivity contribution is -0.638. The van der Waals surface area contributed by atoms with Crippen LogP contribution in [0.25, 0.3) is 0 Å². The molecule has 44 valence electrons. The van der Waals surface area contributed by atoms with Crippen LogP contribution in [0, 0.1) is 7.05 Å². The zero-order valence-electron chi connectivity index (χ0n) is 4.17. The summed E-state index contributed by atoms with van der Waals surface area (Å²) in [5.41, 5.74) is 0. The predicted octanol–water partition coefficient (Wildman–Crippen LogP) is -2.31. The van der Waals surface area contributed by atoms with Gasteiger partial charge in [-0.2, -0.15) is 7.05 Å². The van der Waals surface area contributed by atoms with Crippen LogP contribution in [0.4, 0.5) is 0 Å². The number of nitrogens with two attached hydrogens (primary N) is 1. The Bertz CT molecular complexity index is 31.2.